The molecule has 0 saturated carbocycles. The number of nitrogens with one attached hydrogen (secondary N) is 2. The highest BCUT2D eigenvalue weighted by atomic mass is 16.5. The smallest absolute Gasteiger partial charge is 0.315 e. The average molecular weight is 337 g/mol. The number of amides is 3. The molecule has 24 heavy (non-hydrogen) atoms. The Morgan fingerprint density at radius 3 is 2.83 bits per heavy atom. The van der Waals surface area contributed by atoms with E-state index >= 15 is 0 Å². The van der Waals surface area contributed by atoms with Crippen LogP contribution in [-0.4, -0.2) is 44.9 Å². The van der Waals surface area contributed by atoms with Gasteiger partial charge in [-0.3, -0.25) is 4.79 Å². The van der Waals surface area contributed by atoms with Gasteiger partial charge in [-0.05, 0) is 30.5 Å². The van der Waals surface area contributed by atoms with Crippen LogP contribution in [0.25, 0.3) is 0 Å². The van der Waals surface area contributed by atoms with Gasteiger partial charge in [0.25, 0.3) is 5.91 Å². The number of hydrogen-bond donors (Lipinski definition) is 3. The predicted octanol–water partition coefficient (Wildman–Crippen LogP) is 0.538. The number of primary amides is 1. The topological polar surface area (TPSA) is 112 Å². The first-order chi connectivity index (χ1) is 11.6. The van der Waals surface area contributed by atoms with E-state index in [0.717, 1.165) is 25.0 Å². The van der Waals surface area contributed by atoms with E-state index in [1.165, 1.54) is 7.11 Å². The highest BCUT2D eigenvalue weighted by molar-refractivity contribution is 5.75. The van der Waals surface area contributed by atoms with Crippen molar-refractivity contribution in [3.63, 3.8) is 0 Å². The number of carbonyl (C=O) groups excluding carboxylic acids is 2. The van der Waals surface area contributed by atoms with Crippen LogP contribution in [0.3, 0.4) is 0 Å². The molecule has 132 valence electrons. The first-order valence-electron chi connectivity index (χ1n) is 7.80. The Hall–Kier alpha value is -2.48. The van der Waals surface area contributed by atoms with E-state index in [2.05, 4.69) is 10.6 Å². The van der Waals surface area contributed by atoms with Crippen molar-refractivity contribution in [2.75, 3.05) is 26.9 Å². The fourth-order valence-corrected chi connectivity index (χ4v) is 2.35. The Balaban J connectivity index is 1.80. The lowest BCUT2D eigenvalue weighted by atomic mass is 10.2. The molecule has 0 radical (unpaired) electrons. The first-order valence-corrected chi connectivity index (χ1v) is 7.80. The van der Waals surface area contributed by atoms with E-state index in [9.17, 15) is 9.59 Å². The van der Waals surface area contributed by atoms with Crippen LogP contribution in [0.2, 0.25) is 0 Å². The minimum Gasteiger partial charge on any atom is -0.493 e. The SMILES string of the molecule is COc1cc(CNC(=O)NC[C@@H]2CCCO2)ccc1OCC(N)=O. The van der Waals surface area contributed by atoms with Crippen LogP contribution in [0.4, 0.5) is 4.79 Å². The molecule has 0 bridgehead atoms. The van der Waals surface area contributed by atoms with Gasteiger partial charge < -0.3 is 30.6 Å². The summed E-state index contributed by atoms with van der Waals surface area (Å²) in [5.41, 5.74) is 5.89. The fraction of sp³-hybridized carbons (Fsp3) is 0.500. The van der Waals surface area contributed by atoms with E-state index in [4.69, 9.17) is 19.9 Å². The quantitative estimate of drug-likeness (QED) is 0.641. The van der Waals surface area contributed by atoms with Crippen LogP contribution in [0.15, 0.2) is 18.2 Å². The maximum atomic E-state index is 11.8. The lowest BCUT2D eigenvalue weighted by Crippen LogP contribution is -2.39. The zero-order valence-electron chi connectivity index (χ0n) is 13.7. The van der Waals surface area contributed by atoms with E-state index in [0.29, 0.717) is 24.6 Å². The molecular weight excluding hydrogens is 314 g/mol. The third-order valence-electron chi connectivity index (χ3n) is 3.57. The Kier molecular flexibility index (Phi) is 6.68. The minimum atomic E-state index is -0.564. The number of methoxy groups -OCH3 is 1. The molecule has 1 aliphatic heterocycles. The molecule has 8 nitrogen and oxygen atoms in total. The van der Waals surface area contributed by atoms with Gasteiger partial charge in [0.2, 0.25) is 0 Å². The molecule has 0 spiro atoms. The zero-order valence-corrected chi connectivity index (χ0v) is 13.7. The third kappa shape index (κ3) is 5.62. The fourth-order valence-electron chi connectivity index (χ4n) is 2.35. The number of benzene rings is 1. The zero-order chi connectivity index (χ0) is 17.4. The standard InChI is InChI=1S/C16H23N3O5/c1-22-14-7-11(4-5-13(14)24-10-15(17)20)8-18-16(21)19-9-12-3-2-6-23-12/h4-5,7,12H,2-3,6,8-10H2,1H3,(H2,17,20)(H2,18,19,21)/t12-/m0/s1. The van der Waals surface area contributed by atoms with Crippen molar-refractivity contribution < 1.29 is 23.8 Å². The summed E-state index contributed by atoms with van der Waals surface area (Å²) >= 11 is 0. The molecule has 1 atom stereocenters. The normalized spacial score (nSPS) is 16.5. The lowest BCUT2D eigenvalue weighted by molar-refractivity contribution is -0.119. The maximum Gasteiger partial charge on any atom is 0.315 e. The molecule has 0 aliphatic carbocycles. The second-order valence-electron chi connectivity index (χ2n) is 5.44. The van der Waals surface area contributed by atoms with Crippen molar-refractivity contribution in [2.45, 2.75) is 25.5 Å². The average Bonchev–Trinajstić information content (AvgIpc) is 3.10. The number of hydrogen-bond acceptors (Lipinski definition) is 5. The largest absolute Gasteiger partial charge is 0.493 e. The summed E-state index contributed by atoms with van der Waals surface area (Å²) in [6.45, 7) is 1.39. The van der Waals surface area contributed by atoms with E-state index in [1.807, 2.05) is 0 Å². The van der Waals surface area contributed by atoms with Gasteiger partial charge in [0.05, 0.1) is 13.2 Å². The van der Waals surface area contributed by atoms with Crippen molar-refractivity contribution >= 4 is 11.9 Å². The van der Waals surface area contributed by atoms with Crippen LogP contribution in [0.5, 0.6) is 11.5 Å². The molecule has 1 aromatic carbocycles. The van der Waals surface area contributed by atoms with E-state index < -0.39 is 5.91 Å². The van der Waals surface area contributed by atoms with Crippen molar-refractivity contribution in [2.24, 2.45) is 5.73 Å². The minimum absolute atomic E-state index is 0.109. The van der Waals surface area contributed by atoms with Gasteiger partial charge in [0, 0.05) is 19.7 Å². The summed E-state index contributed by atoms with van der Waals surface area (Å²) in [6.07, 6.45) is 2.12. The number of carbonyl (C=O) groups is 2. The molecule has 4 N–H and O–H groups in total. The Morgan fingerprint density at radius 2 is 2.17 bits per heavy atom. The second-order valence-corrected chi connectivity index (χ2v) is 5.44. The van der Waals surface area contributed by atoms with Crippen molar-refractivity contribution in [1.82, 2.24) is 10.6 Å². The molecule has 1 saturated heterocycles. The van der Waals surface area contributed by atoms with Gasteiger partial charge >= 0.3 is 6.03 Å². The summed E-state index contributed by atoms with van der Waals surface area (Å²) < 4.78 is 15.9. The van der Waals surface area contributed by atoms with Crippen LogP contribution < -0.4 is 25.8 Å². The van der Waals surface area contributed by atoms with Gasteiger partial charge in [-0.15, -0.1) is 0 Å². The molecule has 3 amide bonds. The molecule has 0 unspecified atom stereocenters. The van der Waals surface area contributed by atoms with E-state index in [1.54, 1.807) is 18.2 Å². The molecular formula is C16H23N3O5. The van der Waals surface area contributed by atoms with Crippen LogP contribution in [0, 0.1) is 0 Å². The monoisotopic (exact) mass is 337 g/mol. The van der Waals surface area contributed by atoms with Crippen LogP contribution >= 0.6 is 0 Å². The van der Waals surface area contributed by atoms with E-state index in [-0.39, 0.29) is 18.7 Å². The van der Waals surface area contributed by atoms with Crippen LogP contribution in [-0.2, 0) is 16.1 Å². The molecule has 8 heteroatoms. The molecule has 2 rings (SSSR count). The molecule has 0 aromatic heterocycles. The number of urea groups is 1. The molecule has 1 heterocycles. The highest BCUT2D eigenvalue weighted by Gasteiger charge is 2.16. The number of ether oxygens (including phenoxy) is 3. The Morgan fingerprint density at radius 1 is 1.33 bits per heavy atom. The van der Waals surface area contributed by atoms with Gasteiger partial charge in [0.15, 0.2) is 18.1 Å². The third-order valence-corrected chi connectivity index (χ3v) is 3.57. The van der Waals surface area contributed by atoms with Gasteiger partial charge in [-0.25, -0.2) is 4.79 Å². The second kappa shape index (κ2) is 8.97. The summed E-state index contributed by atoms with van der Waals surface area (Å²) in [6, 6.07) is 4.93. The maximum absolute atomic E-state index is 11.8. The number of nitrogens with two attached hydrogens (primary N) is 1. The molecule has 1 aliphatic rings. The summed E-state index contributed by atoms with van der Waals surface area (Å²) in [7, 11) is 1.50. The molecule has 1 fully saturated rings. The van der Waals surface area contributed by atoms with Crippen molar-refractivity contribution in [3.8, 4) is 11.5 Å². The lowest BCUT2D eigenvalue weighted by Gasteiger charge is -2.13. The Labute approximate surface area is 140 Å². The Bertz CT molecular complexity index is 573. The summed E-state index contributed by atoms with van der Waals surface area (Å²) in [5.74, 6) is 0.323. The highest BCUT2D eigenvalue weighted by Crippen LogP contribution is 2.27. The summed E-state index contributed by atoms with van der Waals surface area (Å²) in [4.78, 5) is 22.6. The summed E-state index contributed by atoms with van der Waals surface area (Å²) in [5, 5.41) is 5.55. The number of rotatable bonds is 8. The molecule has 1 aromatic rings. The first kappa shape index (κ1) is 17.9. The van der Waals surface area contributed by atoms with Gasteiger partial charge in [0.1, 0.15) is 0 Å². The van der Waals surface area contributed by atoms with Crippen molar-refractivity contribution in [3.05, 3.63) is 23.8 Å². The van der Waals surface area contributed by atoms with Crippen LogP contribution in [0.1, 0.15) is 18.4 Å². The van der Waals surface area contributed by atoms with Gasteiger partial charge in [-0.1, -0.05) is 6.07 Å². The van der Waals surface area contributed by atoms with Crippen molar-refractivity contribution in [1.29, 1.82) is 0 Å². The van der Waals surface area contributed by atoms with Gasteiger partial charge in [-0.2, -0.15) is 0 Å². The predicted molar refractivity (Wildman–Crippen MR) is 86.9 cm³/mol.